The van der Waals surface area contributed by atoms with Gasteiger partial charge in [-0.05, 0) is 56.9 Å². The normalized spacial score (nSPS) is 21.1. The molecule has 0 unspecified atom stereocenters. The van der Waals surface area contributed by atoms with Gasteiger partial charge in [0.25, 0.3) is 0 Å². The molecular formula is C24H36N2O5. The number of hydrogen-bond donors (Lipinski definition) is 3. The van der Waals surface area contributed by atoms with Crippen molar-refractivity contribution in [2.45, 2.75) is 90.8 Å². The summed E-state index contributed by atoms with van der Waals surface area (Å²) in [5.41, 5.74) is 1.34. The Labute approximate surface area is 185 Å². The number of aliphatic carboxylic acids is 1. The Balaban J connectivity index is 2.18. The molecule has 31 heavy (non-hydrogen) atoms. The van der Waals surface area contributed by atoms with Gasteiger partial charge in [0.2, 0.25) is 5.91 Å². The lowest BCUT2D eigenvalue weighted by atomic mass is 9.87. The van der Waals surface area contributed by atoms with Crippen molar-refractivity contribution in [3.8, 4) is 5.75 Å². The fourth-order valence-corrected chi connectivity index (χ4v) is 3.77. The van der Waals surface area contributed by atoms with Gasteiger partial charge in [0.05, 0.1) is 24.4 Å². The van der Waals surface area contributed by atoms with Crippen molar-refractivity contribution in [3.63, 3.8) is 0 Å². The summed E-state index contributed by atoms with van der Waals surface area (Å²) in [6.07, 6.45) is 3.19. The summed E-state index contributed by atoms with van der Waals surface area (Å²) in [7, 11) is 0. The molecule has 0 radical (unpaired) electrons. The van der Waals surface area contributed by atoms with E-state index in [-0.39, 0.29) is 30.2 Å². The zero-order valence-corrected chi connectivity index (χ0v) is 19.2. The van der Waals surface area contributed by atoms with E-state index in [1.54, 1.807) is 6.08 Å². The van der Waals surface area contributed by atoms with E-state index in [1.807, 2.05) is 52.0 Å². The average Bonchev–Trinajstić information content (AvgIpc) is 2.71. The number of ether oxygens (including phenoxy) is 2. The Kier molecular flexibility index (Phi) is 9.52. The highest BCUT2D eigenvalue weighted by Gasteiger charge is 2.37. The molecule has 1 amide bonds. The van der Waals surface area contributed by atoms with Crippen LogP contribution in [0.2, 0.25) is 0 Å². The molecule has 0 spiro atoms. The zero-order chi connectivity index (χ0) is 23.0. The smallest absolute Gasteiger partial charge is 0.331 e. The molecule has 0 heterocycles. The summed E-state index contributed by atoms with van der Waals surface area (Å²) >= 11 is 0. The number of carbonyl (C=O) groups excluding carboxylic acids is 1. The summed E-state index contributed by atoms with van der Waals surface area (Å²) in [6.45, 7) is 10.0. The summed E-state index contributed by atoms with van der Waals surface area (Å²) in [6, 6.07) is 7.17. The van der Waals surface area contributed by atoms with Gasteiger partial charge in [-0.15, -0.1) is 0 Å². The summed E-state index contributed by atoms with van der Waals surface area (Å²) in [5.74, 6) is -0.319. The van der Waals surface area contributed by atoms with Gasteiger partial charge in [0, 0.05) is 25.1 Å². The van der Waals surface area contributed by atoms with Crippen molar-refractivity contribution >= 4 is 11.9 Å². The fourth-order valence-electron chi connectivity index (χ4n) is 3.77. The molecule has 0 bridgehead atoms. The molecule has 7 nitrogen and oxygen atoms in total. The van der Waals surface area contributed by atoms with Gasteiger partial charge in [-0.3, -0.25) is 4.79 Å². The van der Waals surface area contributed by atoms with Crippen LogP contribution in [-0.4, -0.2) is 47.4 Å². The van der Waals surface area contributed by atoms with Crippen molar-refractivity contribution in [1.29, 1.82) is 0 Å². The van der Waals surface area contributed by atoms with E-state index in [0.717, 1.165) is 24.2 Å². The number of hydrogen-bond acceptors (Lipinski definition) is 5. The maximum absolute atomic E-state index is 11.9. The van der Waals surface area contributed by atoms with E-state index in [9.17, 15) is 14.7 Å². The van der Waals surface area contributed by atoms with Gasteiger partial charge < -0.3 is 25.2 Å². The topological polar surface area (TPSA) is 96.9 Å². The highest BCUT2D eigenvalue weighted by molar-refractivity contribution is 5.87. The molecule has 0 saturated carbocycles. The van der Waals surface area contributed by atoms with Crippen molar-refractivity contribution in [3.05, 3.63) is 41.5 Å². The van der Waals surface area contributed by atoms with E-state index >= 15 is 0 Å². The first-order valence-electron chi connectivity index (χ1n) is 11.1. The molecule has 3 atom stereocenters. The van der Waals surface area contributed by atoms with Gasteiger partial charge >= 0.3 is 5.97 Å². The third-order valence-electron chi connectivity index (χ3n) is 5.36. The molecule has 0 fully saturated rings. The predicted octanol–water partition coefficient (Wildman–Crippen LogP) is 3.43. The molecule has 1 aromatic carbocycles. The minimum absolute atomic E-state index is 0.000181. The van der Waals surface area contributed by atoms with Crippen molar-refractivity contribution in [2.24, 2.45) is 0 Å². The molecular weight excluding hydrogens is 396 g/mol. The van der Waals surface area contributed by atoms with E-state index in [0.29, 0.717) is 18.5 Å². The Morgan fingerprint density at radius 3 is 2.32 bits per heavy atom. The number of benzene rings is 1. The second kappa shape index (κ2) is 11.9. The SMILES string of the molecule is CCC(CC)O[C@@H]1C=C(C(=O)O)C[C@H](NCc2ccc(OC(C)C)cc2)[C@H]1NC(C)=O. The fraction of sp³-hybridized carbons (Fsp3) is 0.583. The first-order valence-corrected chi connectivity index (χ1v) is 11.1. The van der Waals surface area contributed by atoms with Gasteiger partial charge in [-0.1, -0.05) is 26.0 Å². The number of nitrogens with one attached hydrogen (secondary N) is 2. The molecule has 1 aliphatic carbocycles. The quantitative estimate of drug-likeness (QED) is 0.496. The Morgan fingerprint density at radius 1 is 1.16 bits per heavy atom. The number of carboxylic acid groups (broad SMARTS) is 1. The molecule has 0 aliphatic heterocycles. The monoisotopic (exact) mass is 432 g/mol. The molecule has 1 aromatic rings. The van der Waals surface area contributed by atoms with Gasteiger partial charge in [-0.25, -0.2) is 4.79 Å². The average molecular weight is 433 g/mol. The van der Waals surface area contributed by atoms with Crippen molar-refractivity contribution < 1.29 is 24.2 Å². The third kappa shape index (κ3) is 7.67. The molecule has 0 saturated heterocycles. The van der Waals surface area contributed by atoms with Crippen LogP contribution in [0, 0.1) is 0 Å². The lowest BCUT2D eigenvalue weighted by Crippen LogP contribution is -2.58. The second-order valence-corrected chi connectivity index (χ2v) is 8.26. The first-order chi connectivity index (χ1) is 14.7. The molecule has 7 heteroatoms. The zero-order valence-electron chi connectivity index (χ0n) is 19.2. The lowest BCUT2D eigenvalue weighted by Gasteiger charge is -2.38. The van der Waals surface area contributed by atoms with E-state index < -0.39 is 12.1 Å². The summed E-state index contributed by atoms with van der Waals surface area (Å²) in [5, 5.41) is 16.0. The first kappa shape index (κ1) is 24.9. The molecule has 0 aromatic heterocycles. The molecule has 1 aliphatic rings. The van der Waals surface area contributed by atoms with Gasteiger partial charge in [0.15, 0.2) is 0 Å². The van der Waals surface area contributed by atoms with Crippen LogP contribution in [0.5, 0.6) is 5.75 Å². The van der Waals surface area contributed by atoms with E-state index in [4.69, 9.17) is 9.47 Å². The van der Waals surface area contributed by atoms with Crippen molar-refractivity contribution in [2.75, 3.05) is 0 Å². The molecule has 172 valence electrons. The van der Waals surface area contributed by atoms with Crippen LogP contribution in [0.25, 0.3) is 0 Å². The Morgan fingerprint density at radius 2 is 1.81 bits per heavy atom. The summed E-state index contributed by atoms with van der Waals surface area (Å²) in [4.78, 5) is 23.6. The van der Waals surface area contributed by atoms with E-state index in [2.05, 4.69) is 10.6 Å². The second-order valence-electron chi connectivity index (χ2n) is 8.26. The van der Waals surface area contributed by atoms with Crippen LogP contribution in [0.4, 0.5) is 0 Å². The van der Waals surface area contributed by atoms with Crippen molar-refractivity contribution in [1.82, 2.24) is 10.6 Å². The number of amides is 1. The molecule has 2 rings (SSSR count). The highest BCUT2D eigenvalue weighted by Crippen LogP contribution is 2.25. The maximum atomic E-state index is 11.9. The highest BCUT2D eigenvalue weighted by atomic mass is 16.5. The number of carboxylic acids is 1. The Bertz CT molecular complexity index is 756. The largest absolute Gasteiger partial charge is 0.491 e. The minimum atomic E-state index is -0.957. The molecule has 3 N–H and O–H groups in total. The van der Waals surface area contributed by atoms with E-state index in [1.165, 1.54) is 6.92 Å². The van der Waals surface area contributed by atoms with Crippen LogP contribution < -0.4 is 15.4 Å². The summed E-state index contributed by atoms with van der Waals surface area (Å²) < 4.78 is 11.9. The third-order valence-corrected chi connectivity index (χ3v) is 5.36. The maximum Gasteiger partial charge on any atom is 0.331 e. The van der Waals surface area contributed by atoms with Crippen LogP contribution in [0.3, 0.4) is 0 Å². The van der Waals surface area contributed by atoms with Gasteiger partial charge in [0.1, 0.15) is 5.75 Å². The van der Waals surface area contributed by atoms with Crippen LogP contribution in [0.15, 0.2) is 35.9 Å². The minimum Gasteiger partial charge on any atom is -0.491 e. The number of carbonyl (C=O) groups is 2. The Hall–Kier alpha value is -2.38. The lowest BCUT2D eigenvalue weighted by molar-refractivity contribution is -0.133. The van der Waals surface area contributed by atoms with Crippen LogP contribution in [0.1, 0.15) is 59.4 Å². The standard InChI is InChI=1S/C24H36N2O5/c1-6-19(7-2)31-22-13-18(24(28)29)12-21(23(22)26-16(5)27)25-14-17-8-10-20(11-9-17)30-15(3)4/h8-11,13,15,19,21-23,25H,6-7,12,14H2,1-5H3,(H,26,27)(H,28,29)/t21-,22+,23+/m0/s1. The predicted molar refractivity (Wildman–Crippen MR) is 120 cm³/mol. The van der Waals surface area contributed by atoms with Crippen LogP contribution >= 0.6 is 0 Å². The van der Waals surface area contributed by atoms with Gasteiger partial charge in [-0.2, -0.15) is 0 Å². The van der Waals surface area contributed by atoms with Crippen LogP contribution in [-0.2, 0) is 20.9 Å². The number of rotatable bonds is 11.